The van der Waals surface area contributed by atoms with Crippen LogP contribution in [0.2, 0.25) is 0 Å². The first kappa shape index (κ1) is 22.6. The summed E-state index contributed by atoms with van der Waals surface area (Å²) in [7, 11) is 1.53. The number of carbonyl (C=O) groups is 2. The molecule has 1 N–H and O–H groups in total. The molecule has 1 unspecified atom stereocenters. The van der Waals surface area contributed by atoms with Crippen molar-refractivity contribution in [1.82, 2.24) is 4.90 Å². The van der Waals surface area contributed by atoms with E-state index in [0.29, 0.717) is 36.5 Å². The van der Waals surface area contributed by atoms with Gasteiger partial charge in [0, 0.05) is 24.1 Å². The molecule has 1 amide bonds. The normalized spacial score (nSPS) is 16.3. The minimum Gasteiger partial charge on any atom is -0.503 e. The molecular formula is C26H27NO6. The topological polar surface area (TPSA) is 89.2 Å². The van der Waals surface area contributed by atoms with Crippen LogP contribution in [0, 0.1) is 0 Å². The third kappa shape index (κ3) is 4.36. The average Bonchev–Trinajstić information content (AvgIpc) is 3.35. The summed E-state index contributed by atoms with van der Waals surface area (Å²) in [6.07, 6.45) is 0.621. The summed E-state index contributed by atoms with van der Waals surface area (Å²) in [5.74, 6) is -1.12. The quantitative estimate of drug-likeness (QED) is 0.372. The van der Waals surface area contributed by atoms with Crippen LogP contribution in [0.15, 0.2) is 70.3 Å². The van der Waals surface area contributed by atoms with Gasteiger partial charge in [0.2, 0.25) is 5.78 Å². The molecule has 0 aliphatic carbocycles. The number of fused-ring (bicyclic) bond motifs is 1. The molecular weight excluding hydrogens is 422 g/mol. The van der Waals surface area contributed by atoms with Crippen LogP contribution in [0.5, 0.6) is 5.75 Å². The lowest BCUT2D eigenvalue weighted by atomic mass is 9.94. The first-order chi connectivity index (χ1) is 15.9. The van der Waals surface area contributed by atoms with Crippen molar-refractivity contribution >= 4 is 22.7 Å². The van der Waals surface area contributed by atoms with E-state index in [1.807, 2.05) is 38.1 Å². The number of ketones is 1. The predicted molar refractivity (Wildman–Crippen MR) is 123 cm³/mol. The maximum absolute atomic E-state index is 13.6. The Bertz CT molecular complexity index is 1180. The number of nitrogens with zero attached hydrogens (tertiary/aromatic N) is 1. The Balaban J connectivity index is 1.74. The molecule has 4 rings (SSSR count). The summed E-state index contributed by atoms with van der Waals surface area (Å²) in [5, 5.41) is 11.6. The van der Waals surface area contributed by atoms with E-state index in [1.54, 1.807) is 30.3 Å². The first-order valence-corrected chi connectivity index (χ1v) is 10.9. The van der Waals surface area contributed by atoms with E-state index >= 15 is 0 Å². The largest absolute Gasteiger partial charge is 0.503 e. The van der Waals surface area contributed by atoms with Gasteiger partial charge in [0.05, 0.1) is 24.8 Å². The number of Topliss-reactive ketones (excluding diaryl/α,β-unsaturated/α-hetero) is 1. The van der Waals surface area contributed by atoms with E-state index in [2.05, 4.69) is 0 Å². The Morgan fingerprint density at radius 3 is 2.61 bits per heavy atom. The summed E-state index contributed by atoms with van der Waals surface area (Å²) in [6.45, 7) is 4.63. The van der Waals surface area contributed by atoms with Gasteiger partial charge in [0.1, 0.15) is 11.3 Å². The molecule has 2 aromatic carbocycles. The molecule has 0 spiro atoms. The van der Waals surface area contributed by atoms with E-state index in [1.165, 1.54) is 12.0 Å². The Morgan fingerprint density at radius 2 is 1.88 bits per heavy atom. The monoisotopic (exact) mass is 449 g/mol. The molecule has 1 aliphatic rings. The molecule has 33 heavy (non-hydrogen) atoms. The maximum atomic E-state index is 13.6. The zero-order valence-corrected chi connectivity index (χ0v) is 18.9. The highest BCUT2D eigenvalue weighted by Gasteiger charge is 2.45. The second-order valence-corrected chi connectivity index (χ2v) is 8.16. The minimum absolute atomic E-state index is 0.0201. The summed E-state index contributed by atoms with van der Waals surface area (Å²) >= 11 is 0. The highest BCUT2D eigenvalue weighted by Crippen LogP contribution is 2.42. The number of aliphatic hydroxyl groups is 1. The lowest BCUT2D eigenvalue weighted by Crippen LogP contribution is -2.33. The van der Waals surface area contributed by atoms with Crippen molar-refractivity contribution in [3.05, 3.63) is 77.3 Å². The number of methoxy groups -OCH3 is 1. The average molecular weight is 450 g/mol. The van der Waals surface area contributed by atoms with Crippen LogP contribution in [0.1, 0.15) is 42.4 Å². The van der Waals surface area contributed by atoms with Crippen LogP contribution in [0.3, 0.4) is 0 Å². The Kier molecular flexibility index (Phi) is 6.51. The number of carbonyl (C=O) groups excluding carboxylic acids is 2. The molecule has 0 bridgehead atoms. The zero-order valence-electron chi connectivity index (χ0n) is 18.9. The van der Waals surface area contributed by atoms with Crippen molar-refractivity contribution in [2.75, 3.05) is 20.3 Å². The molecule has 0 radical (unpaired) electrons. The first-order valence-electron chi connectivity index (χ1n) is 10.9. The minimum atomic E-state index is -0.812. The van der Waals surface area contributed by atoms with Gasteiger partial charge < -0.3 is 23.9 Å². The lowest BCUT2D eigenvalue weighted by molar-refractivity contribution is -0.129. The third-order valence-corrected chi connectivity index (χ3v) is 5.63. The van der Waals surface area contributed by atoms with Crippen LogP contribution in [-0.2, 0) is 9.53 Å². The van der Waals surface area contributed by atoms with Gasteiger partial charge in [0.25, 0.3) is 5.91 Å². The van der Waals surface area contributed by atoms with Crippen molar-refractivity contribution in [1.29, 1.82) is 0 Å². The van der Waals surface area contributed by atoms with Crippen molar-refractivity contribution in [3.63, 3.8) is 0 Å². The molecule has 0 fully saturated rings. The maximum Gasteiger partial charge on any atom is 0.290 e. The molecule has 1 atom stereocenters. The predicted octanol–water partition coefficient (Wildman–Crippen LogP) is 4.83. The third-order valence-electron chi connectivity index (χ3n) is 5.63. The smallest absolute Gasteiger partial charge is 0.290 e. The van der Waals surface area contributed by atoms with E-state index in [-0.39, 0.29) is 17.4 Å². The van der Waals surface area contributed by atoms with E-state index < -0.39 is 23.5 Å². The van der Waals surface area contributed by atoms with Gasteiger partial charge in [0.15, 0.2) is 11.5 Å². The summed E-state index contributed by atoms with van der Waals surface area (Å²) < 4.78 is 16.9. The zero-order chi connectivity index (χ0) is 23.5. The standard InChI is InChI=1S/C26H27NO6/c1-16(2)32-14-8-13-27-23(18-10-5-7-12-20(18)31-3)22(25(29)26(27)30)24(28)21-15-17-9-4-6-11-19(17)33-21/h4-7,9-12,15-16,23,29H,8,13-14H2,1-3H3. The Morgan fingerprint density at radius 1 is 1.15 bits per heavy atom. The molecule has 172 valence electrons. The van der Waals surface area contributed by atoms with Crippen LogP contribution in [-0.4, -0.2) is 48.1 Å². The van der Waals surface area contributed by atoms with Gasteiger partial charge in [-0.15, -0.1) is 0 Å². The SMILES string of the molecule is COc1ccccc1C1C(C(=O)c2cc3ccccc3o2)=C(O)C(=O)N1CCCOC(C)C. The van der Waals surface area contributed by atoms with Crippen LogP contribution < -0.4 is 4.74 Å². The fourth-order valence-electron chi connectivity index (χ4n) is 4.11. The molecule has 2 heterocycles. The van der Waals surface area contributed by atoms with Gasteiger partial charge in [-0.25, -0.2) is 0 Å². The number of aliphatic hydroxyl groups excluding tert-OH is 1. The Labute approximate surface area is 192 Å². The van der Waals surface area contributed by atoms with Crippen molar-refractivity contribution in [3.8, 4) is 5.75 Å². The number of ether oxygens (including phenoxy) is 2. The fraction of sp³-hybridized carbons (Fsp3) is 0.308. The van der Waals surface area contributed by atoms with Crippen LogP contribution >= 0.6 is 0 Å². The molecule has 0 saturated heterocycles. The van der Waals surface area contributed by atoms with E-state index in [0.717, 1.165) is 5.39 Å². The number of amides is 1. The van der Waals surface area contributed by atoms with Crippen molar-refractivity contribution < 1.29 is 28.6 Å². The highest BCUT2D eigenvalue weighted by molar-refractivity contribution is 6.16. The number of furan rings is 1. The van der Waals surface area contributed by atoms with Gasteiger partial charge >= 0.3 is 0 Å². The van der Waals surface area contributed by atoms with E-state index in [4.69, 9.17) is 13.9 Å². The van der Waals surface area contributed by atoms with Crippen LogP contribution in [0.25, 0.3) is 11.0 Å². The molecule has 7 nitrogen and oxygen atoms in total. The Hall–Kier alpha value is -3.58. The van der Waals surface area contributed by atoms with Crippen molar-refractivity contribution in [2.45, 2.75) is 32.4 Å². The highest BCUT2D eigenvalue weighted by atomic mass is 16.5. The van der Waals surface area contributed by atoms with Gasteiger partial charge in [-0.1, -0.05) is 36.4 Å². The number of para-hydroxylation sites is 2. The molecule has 7 heteroatoms. The molecule has 1 aromatic heterocycles. The van der Waals surface area contributed by atoms with Gasteiger partial charge in [-0.3, -0.25) is 9.59 Å². The fourth-order valence-corrected chi connectivity index (χ4v) is 4.11. The number of benzene rings is 2. The summed E-state index contributed by atoms with van der Waals surface area (Å²) in [5.41, 5.74) is 1.15. The molecule has 0 saturated carbocycles. The lowest BCUT2D eigenvalue weighted by Gasteiger charge is -2.28. The number of hydrogen-bond donors (Lipinski definition) is 1. The molecule has 1 aliphatic heterocycles. The second kappa shape index (κ2) is 9.50. The number of hydrogen-bond acceptors (Lipinski definition) is 6. The van der Waals surface area contributed by atoms with E-state index in [9.17, 15) is 14.7 Å². The van der Waals surface area contributed by atoms with Crippen LogP contribution in [0.4, 0.5) is 0 Å². The summed E-state index contributed by atoms with van der Waals surface area (Å²) in [6, 6.07) is 15.2. The second-order valence-electron chi connectivity index (χ2n) is 8.16. The van der Waals surface area contributed by atoms with Gasteiger partial charge in [-0.05, 0) is 38.5 Å². The number of rotatable bonds is 9. The summed E-state index contributed by atoms with van der Waals surface area (Å²) in [4.78, 5) is 28.1. The van der Waals surface area contributed by atoms with Gasteiger partial charge in [-0.2, -0.15) is 0 Å². The molecule has 3 aromatic rings. The van der Waals surface area contributed by atoms with Crippen molar-refractivity contribution in [2.24, 2.45) is 0 Å².